The van der Waals surface area contributed by atoms with Crippen LogP contribution in [-0.4, -0.2) is 55.4 Å². The van der Waals surface area contributed by atoms with Crippen molar-refractivity contribution in [1.82, 2.24) is 4.90 Å². The van der Waals surface area contributed by atoms with Gasteiger partial charge < -0.3 is 19.1 Å². The topological polar surface area (TPSA) is 48.0 Å². The lowest BCUT2D eigenvalue weighted by molar-refractivity contribution is -0.138. The second kappa shape index (κ2) is 7.11. The minimum atomic E-state index is -0.00632. The molecular formula is C17H23NO4. The Kier molecular flexibility index (Phi) is 4.95. The van der Waals surface area contributed by atoms with E-state index in [4.69, 9.17) is 14.2 Å². The number of carbonyl (C=O) groups is 1. The maximum atomic E-state index is 12.6. The lowest BCUT2D eigenvalue weighted by Crippen LogP contribution is -2.48. The lowest BCUT2D eigenvalue weighted by Gasteiger charge is -2.31. The fraction of sp³-hybridized carbons (Fsp3) is 0.588. The van der Waals surface area contributed by atoms with Crippen molar-refractivity contribution < 1.29 is 19.0 Å². The maximum Gasteiger partial charge on any atom is 0.260 e. The Morgan fingerprint density at radius 2 is 2.14 bits per heavy atom. The normalized spacial score (nSPS) is 27.5. The van der Waals surface area contributed by atoms with Crippen LogP contribution in [0.1, 0.15) is 19.8 Å². The smallest absolute Gasteiger partial charge is 0.260 e. The Labute approximate surface area is 131 Å². The van der Waals surface area contributed by atoms with Gasteiger partial charge in [-0.25, -0.2) is 0 Å². The predicted molar refractivity (Wildman–Crippen MR) is 81.8 cm³/mol. The highest BCUT2D eigenvalue weighted by molar-refractivity contribution is 5.78. The summed E-state index contributed by atoms with van der Waals surface area (Å²) >= 11 is 0. The lowest BCUT2D eigenvalue weighted by atomic mass is 10.1. The van der Waals surface area contributed by atoms with Gasteiger partial charge in [-0.2, -0.15) is 0 Å². The number of rotatable bonds is 5. The van der Waals surface area contributed by atoms with Crippen molar-refractivity contribution in [3.05, 3.63) is 30.3 Å². The Balaban J connectivity index is 1.63. The van der Waals surface area contributed by atoms with Crippen molar-refractivity contribution >= 4 is 5.91 Å². The van der Waals surface area contributed by atoms with E-state index in [1.165, 1.54) is 0 Å². The van der Waals surface area contributed by atoms with Crippen molar-refractivity contribution in [3.63, 3.8) is 0 Å². The number of para-hydroxylation sites is 1. The number of benzene rings is 1. The number of hydrogen-bond acceptors (Lipinski definition) is 4. The van der Waals surface area contributed by atoms with Gasteiger partial charge in [-0.05, 0) is 31.9 Å². The van der Waals surface area contributed by atoms with E-state index in [0.717, 1.165) is 12.8 Å². The van der Waals surface area contributed by atoms with E-state index < -0.39 is 0 Å². The van der Waals surface area contributed by atoms with E-state index >= 15 is 0 Å². The summed E-state index contributed by atoms with van der Waals surface area (Å²) in [5, 5.41) is 0. The van der Waals surface area contributed by atoms with Crippen LogP contribution in [0.5, 0.6) is 5.75 Å². The Bertz CT molecular complexity index is 493. The molecule has 0 N–H and O–H groups in total. The van der Waals surface area contributed by atoms with Gasteiger partial charge in [0.1, 0.15) is 11.9 Å². The molecule has 1 aliphatic heterocycles. The summed E-state index contributed by atoms with van der Waals surface area (Å²) in [5.41, 5.74) is 0. The molecule has 1 aliphatic carbocycles. The molecule has 1 heterocycles. The third-order valence-electron chi connectivity index (χ3n) is 4.34. The molecule has 5 nitrogen and oxygen atoms in total. The third kappa shape index (κ3) is 3.25. The van der Waals surface area contributed by atoms with E-state index in [9.17, 15) is 4.79 Å². The second-order valence-electron chi connectivity index (χ2n) is 5.66. The molecule has 0 aromatic heterocycles. The molecule has 120 valence electrons. The Morgan fingerprint density at radius 1 is 1.32 bits per heavy atom. The maximum absolute atomic E-state index is 12.6. The summed E-state index contributed by atoms with van der Waals surface area (Å²) < 4.78 is 17.3. The molecule has 22 heavy (non-hydrogen) atoms. The van der Waals surface area contributed by atoms with Crippen LogP contribution in [0.4, 0.5) is 0 Å². The average molecular weight is 305 g/mol. The van der Waals surface area contributed by atoms with Gasteiger partial charge in [0.05, 0.1) is 18.8 Å². The molecule has 0 unspecified atom stereocenters. The SMILES string of the molecule is CCO[C@H]1[C@H]2CC[C@H]1OCCN2C(=O)COc1ccccc1. The van der Waals surface area contributed by atoms with Crippen LogP contribution in [0.3, 0.4) is 0 Å². The minimum absolute atomic E-state index is 0.00436. The number of hydrogen-bond donors (Lipinski definition) is 0. The van der Waals surface area contributed by atoms with Crippen molar-refractivity contribution in [2.45, 2.75) is 38.0 Å². The molecule has 1 amide bonds. The molecule has 3 atom stereocenters. The average Bonchev–Trinajstić information content (AvgIpc) is 2.82. The molecular weight excluding hydrogens is 282 g/mol. The highest BCUT2D eigenvalue weighted by atomic mass is 16.5. The second-order valence-corrected chi connectivity index (χ2v) is 5.66. The highest BCUT2D eigenvalue weighted by Crippen LogP contribution is 2.32. The van der Waals surface area contributed by atoms with Crippen molar-refractivity contribution in [2.75, 3.05) is 26.4 Å². The minimum Gasteiger partial charge on any atom is -0.484 e. The number of carbonyl (C=O) groups excluding carboxylic acids is 1. The van der Waals surface area contributed by atoms with Gasteiger partial charge in [0.2, 0.25) is 0 Å². The first-order valence-corrected chi connectivity index (χ1v) is 8.00. The van der Waals surface area contributed by atoms with Crippen molar-refractivity contribution in [1.29, 1.82) is 0 Å². The summed E-state index contributed by atoms with van der Waals surface area (Å²) in [6.45, 7) is 3.87. The predicted octanol–water partition coefficient (Wildman–Crippen LogP) is 1.86. The van der Waals surface area contributed by atoms with E-state index in [1.54, 1.807) is 0 Å². The van der Waals surface area contributed by atoms with E-state index in [0.29, 0.717) is 25.5 Å². The van der Waals surface area contributed by atoms with Gasteiger partial charge in [0.25, 0.3) is 5.91 Å². The standard InChI is InChI=1S/C17H23NO4/c1-2-20-17-14-8-9-15(17)21-11-10-18(14)16(19)12-22-13-6-4-3-5-7-13/h3-7,14-15,17H,2,8-12H2,1H3/t14-,15-,17+/m1/s1. The summed E-state index contributed by atoms with van der Waals surface area (Å²) in [6, 6.07) is 9.53. The van der Waals surface area contributed by atoms with Crippen molar-refractivity contribution in [2.24, 2.45) is 0 Å². The summed E-state index contributed by atoms with van der Waals surface area (Å²) in [6.07, 6.45) is 2.01. The molecule has 1 saturated carbocycles. The first-order chi connectivity index (χ1) is 10.8. The quantitative estimate of drug-likeness (QED) is 0.833. The van der Waals surface area contributed by atoms with Crippen LogP contribution in [0.2, 0.25) is 0 Å². The van der Waals surface area contributed by atoms with Crippen LogP contribution in [0.15, 0.2) is 30.3 Å². The molecule has 2 fully saturated rings. The zero-order chi connectivity index (χ0) is 15.4. The number of ether oxygens (including phenoxy) is 3. The molecule has 1 saturated heterocycles. The number of amides is 1. The van der Waals surface area contributed by atoms with Gasteiger partial charge >= 0.3 is 0 Å². The summed E-state index contributed by atoms with van der Waals surface area (Å²) in [5.74, 6) is 0.720. The highest BCUT2D eigenvalue weighted by Gasteiger charge is 2.44. The zero-order valence-corrected chi connectivity index (χ0v) is 12.9. The van der Waals surface area contributed by atoms with E-state index in [2.05, 4.69) is 0 Å². The number of nitrogens with zero attached hydrogens (tertiary/aromatic N) is 1. The molecule has 0 spiro atoms. The van der Waals surface area contributed by atoms with Gasteiger partial charge in [-0.15, -0.1) is 0 Å². The van der Waals surface area contributed by atoms with E-state index in [-0.39, 0.29) is 30.8 Å². The summed E-state index contributed by atoms with van der Waals surface area (Å²) in [4.78, 5) is 14.4. The number of fused-ring (bicyclic) bond motifs is 2. The molecule has 2 aliphatic rings. The fourth-order valence-corrected chi connectivity index (χ4v) is 3.36. The van der Waals surface area contributed by atoms with Crippen LogP contribution in [0, 0.1) is 0 Å². The van der Waals surface area contributed by atoms with E-state index in [1.807, 2.05) is 42.2 Å². The largest absolute Gasteiger partial charge is 0.484 e. The first kappa shape index (κ1) is 15.3. The van der Waals surface area contributed by atoms with Crippen LogP contribution < -0.4 is 4.74 Å². The molecule has 0 radical (unpaired) electrons. The van der Waals surface area contributed by atoms with Gasteiger partial charge in [-0.3, -0.25) is 4.79 Å². The summed E-state index contributed by atoms with van der Waals surface area (Å²) in [7, 11) is 0. The van der Waals surface area contributed by atoms with Crippen LogP contribution >= 0.6 is 0 Å². The molecule has 5 heteroatoms. The van der Waals surface area contributed by atoms with Gasteiger partial charge in [0, 0.05) is 13.2 Å². The fourth-order valence-electron chi connectivity index (χ4n) is 3.36. The molecule has 1 aromatic rings. The third-order valence-corrected chi connectivity index (χ3v) is 4.34. The van der Waals surface area contributed by atoms with Crippen LogP contribution in [-0.2, 0) is 14.3 Å². The van der Waals surface area contributed by atoms with Crippen LogP contribution in [0.25, 0.3) is 0 Å². The van der Waals surface area contributed by atoms with Gasteiger partial charge in [0.15, 0.2) is 6.61 Å². The molecule has 3 rings (SSSR count). The zero-order valence-electron chi connectivity index (χ0n) is 12.9. The molecule has 2 bridgehead atoms. The molecule has 1 aromatic carbocycles. The van der Waals surface area contributed by atoms with Crippen molar-refractivity contribution in [3.8, 4) is 5.75 Å². The first-order valence-electron chi connectivity index (χ1n) is 8.00. The Hall–Kier alpha value is -1.59. The Morgan fingerprint density at radius 3 is 2.91 bits per heavy atom. The monoisotopic (exact) mass is 305 g/mol. The van der Waals surface area contributed by atoms with Gasteiger partial charge in [-0.1, -0.05) is 18.2 Å².